The number of aromatic nitrogens is 2. The highest BCUT2D eigenvalue weighted by atomic mass is 32.2. The molecule has 0 aliphatic carbocycles. The van der Waals surface area contributed by atoms with Crippen molar-refractivity contribution in [2.45, 2.75) is 22.5 Å². The lowest BCUT2D eigenvalue weighted by Crippen LogP contribution is -2.16. The smallest absolute Gasteiger partial charge is 0.234 e. The lowest BCUT2D eigenvalue weighted by Gasteiger charge is -2.06. The normalized spacial score (nSPS) is 11.0. The van der Waals surface area contributed by atoms with Crippen LogP contribution in [0.15, 0.2) is 26.9 Å². The number of amides is 1. The molecule has 23 heavy (non-hydrogen) atoms. The van der Waals surface area contributed by atoms with E-state index in [9.17, 15) is 13.6 Å². The van der Waals surface area contributed by atoms with Gasteiger partial charge in [0.25, 0.3) is 0 Å². The van der Waals surface area contributed by atoms with Crippen molar-refractivity contribution in [1.82, 2.24) is 10.2 Å². The molecule has 0 fully saturated rings. The molecule has 1 amide bonds. The Morgan fingerprint density at radius 2 is 1.83 bits per heavy atom. The van der Waals surface area contributed by atoms with Crippen LogP contribution in [0.3, 0.4) is 0 Å². The number of rotatable bonds is 7. The highest BCUT2D eigenvalue weighted by Gasteiger charge is 2.13. The number of benzene rings is 1. The van der Waals surface area contributed by atoms with E-state index in [0.717, 1.165) is 22.2 Å². The highest BCUT2D eigenvalue weighted by Crippen LogP contribution is 2.30. The number of halogens is 2. The maximum atomic E-state index is 13.4. The number of anilines is 1. The van der Waals surface area contributed by atoms with Gasteiger partial charge >= 0.3 is 0 Å². The largest absolute Gasteiger partial charge is 0.320 e. The molecule has 0 aliphatic heterocycles. The number of nitrogens with one attached hydrogen (secondary N) is 1. The average molecular weight is 375 g/mol. The summed E-state index contributed by atoms with van der Waals surface area (Å²) in [6, 6.07) is 3.43. The predicted octanol–water partition coefficient (Wildman–Crippen LogP) is 4.30. The molecule has 0 saturated heterocycles. The molecular weight excluding hydrogens is 360 g/mol. The standard InChI is InChI=1S/C14H15F2N3OS3/c1-8(2)6-21-13-18-19-14(23-13)22-7-11(20)17-12-9(15)4-3-5-10(12)16/h3-5,8H,6-7H2,1-2H3,(H,17,20). The van der Waals surface area contributed by atoms with E-state index >= 15 is 0 Å². The number of para-hydroxylation sites is 1. The Balaban J connectivity index is 1.85. The van der Waals surface area contributed by atoms with Crippen LogP contribution in [0.4, 0.5) is 14.5 Å². The molecule has 124 valence electrons. The first kappa shape index (κ1) is 18.2. The molecule has 0 bridgehead atoms. The van der Waals surface area contributed by atoms with Crippen LogP contribution in [0, 0.1) is 17.6 Å². The van der Waals surface area contributed by atoms with Crippen LogP contribution >= 0.6 is 34.9 Å². The number of carbonyl (C=O) groups excluding carboxylic acids is 1. The van der Waals surface area contributed by atoms with Gasteiger partial charge in [-0.3, -0.25) is 4.79 Å². The Hall–Kier alpha value is -1.19. The first-order valence-electron chi connectivity index (χ1n) is 6.78. The van der Waals surface area contributed by atoms with Crippen LogP contribution in [0.2, 0.25) is 0 Å². The summed E-state index contributed by atoms with van der Waals surface area (Å²) < 4.78 is 28.4. The zero-order valence-electron chi connectivity index (χ0n) is 12.5. The SMILES string of the molecule is CC(C)CSc1nnc(SCC(=O)Nc2c(F)cccc2F)s1. The Labute approximate surface area is 145 Å². The summed E-state index contributed by atoms with van der Waals surface area (Å²) in [7, 11) is 0. The van der Waals surface area contributed by atoms with Gasteiger partial charge in [0.15, 0.2) is 8.68 Å². The van der Waals surface area contributed by atoms with Crippen LogP contribution < -0.4 is 5.32 Å². The maximum Gasteiger partial charge on any atom is 0.234 e. The topological polar surface area (TPSA) is 54.9 Å². The lowest BCUT2D eigenvalue weighted by atomic mass is 10.3. The first-order valence-corrected chi connectivity index (χ1v) is 9.57. The van der Waals surface area contributed by atoms with Crippen molar-refractivity contribution in [2.75, 3.05) is 16.8 Å². The van der Waals surface area contributed by atoms with Gasteiger partial charge in [0.05, 0.1) is 5.75 Å². The zero-order chi connectivity index (χ0) is 16.8. The third-order valence-electron chi connectivity index (χ3n) is 2.48. The van der Waals surface area contributed by atoms with Crippen LogP contribution in [0.5, 0.6) is 0 Å². The van der Waals surface area contributed by atoms with Crippen molar-refractivity contribution in [3.8, 4) is 0 Å². The van der Waals surface area contributed by atoms with Gasteiger partial charge in [0.1, 0.15) is 17.3 Å². The van der Waals surface area contributed by atoms with E-state index in [1.165, 1.54) is 29.2 Å². The van der Waals surface area contributed by atoms with E-state index in [1.54, 1.807) is 11.8 Å². The fourth-order valence-corrected chi connectivity index (χ4v) is 4.27. The summed E-state index contributed by atoms with van der Waals surface area (Å²) in [6.07, 6.45) is 0. The predicted molar refractivity (Wildman–Crippen MR) is 91.2 cm³/mol. The van der Waals surface area contributed by atoms with Crippen LogP contribution in [-0.4, -0.2) is 27.6 Å². The van der Waals surface area contributed by atoms with E-state index in [2.05, 4.69) is 29.4 Å². The number of nitrogens with zero attached hydrogens (tertiary/aromatic N) is 2. The molecule has 0 aliphatic rings. The number of hydrogen-bond donors (Lipinski definition) is 1. The van der Waals surface area contributed by atoms with E-state index in [0.29, 0.717) is 10.3 Å². The van der Waals surface area contributed by atoms with Gasteiger partial charge in [-0.05, 0) is 18.1 Å². The summed E-state index contributed by atoms with van der Waals surface area (Å²) in [6.45, 7) is 4.24. The van der Waals surface area contributed by atoms with Gasteiger partial charge in [-0.15, -0.1) is 10.2 Å². The van der Waals surface area contributed by atoms with E-state index in [1.807, 2.05) is 0 Å². The molecule has 1 aromatic carbocycles. The van der Waals surface area contributed by atoms with Gasteiger partial charge < -0.3 is 5.32 Å². The van der Waals surface area contributed by atoms with E-state index < -0.39 is 23.2 Å². The van der Waals surface area contributed by atoms with Crippen molar-refractivity contribution in [3.63, 3.8) is 0 Å². The minimum Gasteiger partial charge on any atom is -0.320 e. The third kappa shape index (κ3) is 5.74. The molecule has 4 nitrogen and oxygen atoms in total. The van der Waals surface area contributed by atoms with E-state index in [-0.39, 0.29) is 5.75 Å². The van der Waals surface area contributed by atoms with Gasteiger partial charge in [-0.1, -0.05) is 54.8 Å². The Morgan fingerprint density at radius 1 is 1.22 bits per heavy atom. The van der Waals surface area contributed by atoms with Crippen molar-refractivity contribution in [3.05, 3.63) is 29.8 Å². The second-order valence-corrected chi connectivity index (χ2v) is 8.44. The zero-order valence-corrected chi connectivity index (χ0v) is 15.0. The highest BCUT2D eigenvalue weighted by molar-refractivity contribution is 8.03. The number of thioether (sulfide) groups is 2. The summed E-state index contributed by atoms with van der Waals surface area (Å²) in [5, 5.41) is 10.3. The Bertz CT molecular complexity index is 659. The molecule has 2 aromatic rings. The molecule has 9 heteroatoms. The summed E-state index contributed by atoms with van der Waals surface area (Å²) in [5.41, 5.74) is -0.427. The van der Waals surface area contributed by atoms with Crippen molar-refractivity contribution < 1.29 is 13.6 Å². The average Bonchev–Trinajstić information content (AvgIpc) is 2.95. The van der Waals surface area contributed by atoms with Crippen molar-refractivity contribution in [1.29, 1.82) is 0 Å². The molecule has 0 atom stereocenters. The molecule has 0 radical (unpaired) electrons. The summed E-state index contributed by atoms with van der Waals surface area (Å²) in [4.78, 5) is 11.8. The summed E-state index contributed by atoms with van der Waals surface area (Å²) in [5.74, 6) is -0.575. The lowest BCUT2D eigenvalue weighted by molar-refractivity contribution is -0.113. The van der Waals surface area contributed by atoms with Crippen LogP contribution in [0.1, 0.15) is 13.8 Å². The van der Waals surface area contributed by atoms with Crippen LogP contribution in [-0.2, 0) is 4.79 Å². The number of hydrogen-bond acceptors (Lipinski definition) is 6. The fraction of sp³-hybridized carbons (Fsp3) is 0.357. The Kier molecular flexibility index (Phi) is 6.79. The molecule has 2 rings (SSSR count). The fourth-order valence-electron chi connectivity index (χ4n) is 1.47. The second kappa shape index (κ2) is 8.60. The molecule has 1 heterocycles. The molecule has 0 spiro atoms. The third-order valence-corrected chi connectivity index (χ3v) is 6.10. The first-order chi connectivity index (χ1) is 11.0. The summed E-state index contributed by atoms with van der Waals surface area (Å²) >= 11 is 4.22. The van der Waals surface area contributed by atoms with Gasteiger partial charge in [-0.25, -0.2) is 8.78 Å². The monoisotopic (exact) mass is 375 g/mol. The maximum absolute atomic E-state index is 13.4. The van der Waals surface area contributed by atoms with Gasteiger partial charge in [0, 0.05) is 5.75 Å². The van der Waals surface area contributed by atoms with Crippen molar-refractivity contribution in [2.24, 2.45) is 5.92 Å². The van der Waals surface area contributed by atoms with E-state index in [4.69, 9.17) is 0 Å². The molecule has 0 unspecified atom stereocenters. The molecule has 0 saturated carbocycles. The van der Waals surface area contributed by atoms with Gasteiger partial charge in [0.2, 0.25) is 5.91 Å². The molecule has 1 N–H and O–H groups in total. The second-order valence-electron chi connectivity index (χ2n) is 4.97. The minimum atomic E-state index is -0.799. The van der Waals surface area contributed by atoms with Gasteiger partial charge in [-0.2, -0.15) is 0 Å². The molecular formula is C14H15F2N3OS3. The van der Waals surface area contributed by atoms with Crippen LogP contribution in [0.25, 0.3) is 0 Å². The minimum absolute atomic E-state index is 0.0112. The number of carbonyl (C=O) groups is 1. The Morgan fingerprint density at radius 3 is 2.43 bits per heavy atom. The quantitative estimate of drug-likeness (QED) is 0.732. The van der Waals surface area contributed by atoms with Crippen molar-refractivity contribution >= 4 is 46.5 Å². The molecule has 1 aromatic heterocycles.